The van der Waals surface area contributed by atoms with Crippen LogP contribution in [-0.4, -0.2) is 27.0 Å². The highest BCUT2D eigenvalue weighted by molar-refractivity contribution is 7.89. The van der Waals surface area contributed by atoms with E-state index >= 15 is 0 Å². The lowest BCUT2D eigenvalue weighted by molar-refractivity contribution is -0.123. The third kappa shape index (κ3) is 4.82. The van der Waals surface area contributed by atoms with Gasteiger partial charge in [-0.25, -0.2) is 13.6 Å². The standard InChI is InChI=1S/C13H20N2O4S/c1-4-10(3)15-13(16)8-19-11-6-5-9(2)7-12(11)20(14,17)18/h5-7,10H,4,8H2,1-3H3,(H,15,16)(H2,14,17,18). The first kappa shape index (κ1) is 16.5. The SMILES string of the molecule is CCC(C)NC(=O)COc1ccc(C)cc1S(N)(=O)=O. The van der Waals surface area contributed by atoms with Crippen molar-refractivity contribution in [2.75, 3.05) is 6.61 Å². The summed E-state index contributed by atoms with van der Waals surface area (Å²) in [5.74, 6) is -0.224. The van der Waals surface area contributed by atoms with Gasteiger partial charge in [0.2, 0.25) is 10.0 Å². The van der Waals surface area contributed by atoms with E-state index in [2.05, 4.69) is 5.32 Å². The number of ether oxygens (including phenoxy) is 1. The Morgan fingerprint density at radius 3 is 2.65 bits per heavy atom. The molecule has 0 saturated heterocycles. The van der Waals surface area contributed by atoms with Crippen molar-refractivity contribution in [3.05, 3.63) is 23.8 Å². The van der Waals surface area contributed by atoms with Gasteiger partial charge in [-0.05, 0) is 38.0 Å². The molecular formula is C13H20N2O4S. The van der Waals surface area contributed by atoms with Crippen LogP contribution in [0.1, 0.15) is 25.8 Å². The van der Waals surface area contributed by atoms with Gasteiger partial charge in [-0.1, -0.05) is 13.0 Å². The summed E-state index contributed by atoms with van der Waals surface area (Å²) >= 11 is 0. The Bertz CT molecular complexity index is 584. The van der Waals surface area contributed by atoms with Crippen molar-refractivity contribution in [3.8, 4) is 5.75 Å². The molecule has 1 atom stereocenters. The third-order valence-corrected chi connectivity index (χ3v) is 3.72. The smallest absolute Gasteiger partial charge is 0.258 e. The van der Waals surface area contributed by atoms with Gasteiger partial charge in [0.05, 0.1) is 0 Å². The van der Waals surface area contributed by atoms with Gasteiger partial charge in [-0.15, -0.1) is 0 Å². The lowest BCUT2D eigenvalue weighted by atomic mass is 10.2. The molecule has 1 aromatic rings. The van der Waals surface area contributed by atoms with Gasteiger partial charge in [0.25, 0.3) is 5.91 Å². The summed E-state index contributed by atoms with van der Waals surface area (Å²) in [6.07, 6.45) is 0.804. The van der Waals surface area contributed by atoms with Crippen LogP contribution in [0, 0.1) is 6.92 Å². The molecule has 0 aromatic heterocycles. The van der Waals surface area contributed by atoms with Crippen LogP contribution in [-0.2, 0) is 14.8 Å². The minimum Gasteiger partial charge on any atom is -0.482 e. The Morgan fingerprint density at radius 1 is 1.45 bits per heavy atom. The van der Waals surface area contributed by atoms with Crippen molar-refractivity contribution in [2.24, 2.45) is 5.14 Å². The number of benzene rings is 1. The van der Waals surface area contributed by atoms with Gasteiger partial charge in [0, 0.05) is 6.04 Å². The number of carbonyl (C=O) groups excluding carboxylic acids is 1. The summed E-state index contributed by atoms with van der Waals surface area (Å²) in [5.41, 5.74) is 0.741. The van der Waals surface area contributed by atoms with Gasteiger partial charge in [-0.2, -0.15) is 0 Å². The summed E-state index contributed by atoms with van der Waals surface area (Å²) in [7, 11) is -3.89. The average Bonchev–Trinajstić information content (AvgIpc) is 2.36. The number of nitrogens with one attached hydrogen (secondary N) is 1. The number of hydrogen-bond acceptors (Lipinski definition) is 4. The maximum absolute atomic E-state index is 11.6. The molecule has 112 valence electrons. The molecule has 0 bridgehead atoms. The quantitative estimate of drug-likeness (QED) is 0.816. The van der Waals surface area contributed by atoms with Crippen LogP contribution in [0.2, 0.25) is 0 Å². The maximum Gasteiger partial charge on any atom is 0.258 e. The highest BCUT2D eigenvalue weighted by Crippen LogP contribution is 2.23. The molecule has 0 spiro atoms. The second-order valence-corrected chi connectivity index (χ2v) is 6.19. The minimum atomic E-state index is -3.89. The second-order valence-electron chi connectivity index (χ2n) is 4.66. The highest BCUT2D eigenvalue weighted by atomic mass is 32.2. The first-order chi connectivity index (χ1) is 9.24. The largest absolute Gasteiger partial charge is 0.482 e. The van der Waals surface area contributed by atoms with Crippen LogP contribution in [0.25, 0.3) is 0 Å². The molecule has 1 aromatic carbocycles. The molecule has 0 heterocycles. The lowest BCUT2D eigenvalue weighted by Gasteiger charge is -2.13. The number of amides is 1. The summed E-state index contributed by atoms with van der Waals surface area (Å²) in [5, 5.41) is 7.85. The Labute approximate surface area is 119 Å². The first-order valence-electron chi connectivity index (χ1n) is 6.29. The van der Waals surface area contributed by atoms with E-state index in [1.54, 1.807) is 13.0 Å². The number of hydrogen-bond donors (Lipinski definition) is 2. The zero-order valence-corrected chi connectivity index (χ0v) is 12.7. The summed E-state index contributed by atoms with van der Waals surface area (Å²) in [6, 6.07) is 4.64. The van der Waals surface area contributed by atoms with E-state index in [0.29, 0.717) is 0 Å². The molecule has 0 saturated carbocycles. The van der Waals surface area contributed by atoms with E-state index in [-0.39, 0.29) is 29.2 Å². The van der Waals surface area contributed by atoms with Crippen LogP contribution in [0.4, 0.5) is 0 Å². The fourth-order valence-corrected chi connectivity index (χ4v) is 2.28. The monoisotopic (exact) mass is 300 g/mol. The Kier molecular flexibility index (Phi) is 5.52. The van der Waals surface area contributed by atoms with E-state index in [9.17, 15) is 13.2 Å². The Hall–Kier alpha value is -1.60. The van der Waals surface area contributed by atoms with Crippen molar-refractivity contribution in [1.29, 1.82) is 0 Å². The highest BCUT2D eigenvalue weighted by Gasteiger charge is 2.16. The van der Waals surface area contributed by atoms with E-state index in [1.807, 2.05) is 13.8 Å². The number of rotatable bonds is 6. The number of primary sulfonamides is 1. The van der Waals surface area contributed by atoms with Gasteiger partial charge in [0.1, 0.15) is 10.6 Å². The van der Waals surface area contributed by atoms with Crippen LogP contribution >= 0.6 is 0 Å². The van der Waals surface area contributed by atoms with Gasteiger partial charge < -0.3 is 10.1 Å². The molecule has 0 aliphatic rings. The topological polar surface area (TPSA) is 98.5 Å². The van der Waals surface area contributed by atoms with Crippen molar-refractivity contribution >= 4 is 15.9 Å². The Morgan fingerprint density at radius 2 is 2.10 bits per heavy atom. The van der Waals surface area contributed by atoms with Crippen LogP contribution < -0.4 is 15.2 Å². The van der Waals surface area contributed by atoms with Gasteiger partial charge >= 0.3 is 0 Å². The number of carbonyl (C=O) groups is 1. The fraction of sp³-hybridized carbons (Fsp3) is 0.462. The summed E-state index contributed by atoms with van der Waals surface area (Å²) in [6.45, 7) is 5.31. The number of aryl methyl sites for hydroxylation is 1. The molecule has 6 nitrogen and oxygen atoms in total. The van der Waals surface area contributed by atoms with Crippen LogP contribution in [0.5, 0.6) is 5.75 Å². The van der Waals surface area contributed by atoms with Crippen molar-refractivity contribution in [2.45, 2.75) is 38.1 Å². The minimum absolute atomic E-state index is 0.0434. The average molecular weight is 300 g/mol. The summed E-state index contributed by atoms with van der Waals surface area (Å²) < 4.78 is 28.2. The zero-order chi connectivity index (χ0) is 15.3. The van der Waals surface area contributed by atoms with Crippen molar-refractivity contribution in [3.63, 3.8) is 0 Å². The van der Waals surface area contributed by atoms with E-state index in [0.717, 1.165) is 12.0 Å². The number of sulfonamides is 1. The molecular weight excluding hydrogens is 280 g/mol. The van der Waals surface area contributed by atoms with Crippen molar-refractivity contribution in [1.82, 2.24) is 5.32 Å². The van der Waals surface area contributed by atoms with E-state index < -0.39 is 10.0 Å². The predicted molar refractivity (Wildman–Crippen MR) is 75.9 cm³/mol. The molecule has 20 heavy (non-hydrogen) atoms. The van der Waals surface area contributed by atoms with Crippen LogP contribution in [0.3, 0.4) is 0 Å². The first-order valence-corrected chi connectivity index (χ1v) is 7.84. The molecule has 1 rings (SSSR count). The van der Waals surface area contributed by atoms with Crippen LogP contribution in [0.15, 0.2) is 23.1 Å². The second kappa shape index (κ2) is 6.71. The fourth-order valence-electron chi connectivity index (χ4n) is 1.52. The molecule has 0 aliphatic heterocycles. The molecule has 0 aliphatic carbocycles. The number of nitrogens with two attached hydrogens (primary N) is 1. The lowest BCUT2D eigenvalue weighted by Crippen LogP contribution is -2.35. The van der Waals surface area contributed by atoms with Gasteiger partial charge in [0.15, 0.2) is 6.61 Å². The molecule has 1 amide bonds. The van der Waals surface area contributed by atoms with Gasteiger partial charge in [-0.3, -0.25) is 4.79 Å². The molecule has 3 N–H and O–H groups in total. The molecule has 7 heteroatoms. The predicted octanol–water partition coefficient (Wildman–Crippen LogP) is 0.936. The summed E-state index contributed by atoms with van der Waals surface area (Å²) in [4.78, 5) is 11.5. The molecule has 0 radical (unpaired) electrons. The third-order valence-electron chi connectivity index (χ3n) is 2.78. The molecule has 0 fully saturated rings. The normalized spacial score (nSPS) is 12.8. The zero-order valence-electron chi connectivity index (χ0n) is 11.8. The van der Waals surface area contributed by atoms with E-state index in [1.165, 1.54) is 12.1 Å². The Balaban J connectivity index is 2.81. The maximum atomic E-state index is 11.6. The molecule has 1 unspecified atom stereocenters. The van der Waals surface area contributed by atoms with Crippen molar-refractivity contribution < 1.29 is 17.9 Å². The van der Waals surface area contributed by atoms with E-state index in [4.69, 9.17) is 9.88 Å².